The number of carbonyl (C=O) groups is 1. The van der Waals surface area contributed by atoms with Gasteiger partial charge in [-0.3, -0.25) is 4.79 Å². The van der Waals surface area contributed by atoms with E-state index in [0.29, 0.717) is 11.9 Å². The summed E-state index contributed by atoms with van der Waals surface area (Å²) < 4.78 is 0. The predicted molar refractivity (Wildman–Crippen MR) is 112 cm³/mol. The van der Waals surface area contributed by atoms with Crippen molar-refractivity contribution < 1.29 is 4.79 Å². The van der Waals surface area contributed by atoms with Gasteiger partial charge in [0.05, 0.1) is 0 Å². The Labute approximate surface area is 164 Å². The third-order valence-electron chi connectivity index (χ3n) is 7.04. The number of carbonyl (C=O) groups excluding carboxylic acids is 1. The first-order chi connectivity index (χ1) is 13.2. The maximum atomic E-state index is 13.0. The van der Waals surface area contributed by atoms with E-state index in [4.69, 9.17) is 0 Å². The summed E-state index contributed by atoms with van der Waals surface area (Å²) in [6.45, 7) is 4.54. The van der Waals surface area contributed by atoms with Crippen LogP contribution in [0.25, 0.3) is 0 Å². The van der Waals surface area contributed by atoms with E-state index < -0.39 is 0 Å². The fourth-order valence-corrected chi connectivity index (χ4v) is 5.55. The second-order valence-corrected chi connectivity index (χ2v) is 9.24. The molecule has 27 heavy (non-hydrogen) atoms. The number of hydrogen-bond acceptors (Lipinski definition) is 2. The lowest BCUT2D eigenvalue weighted by atomic mass is 9.86. The van der Waals surface area contributed by atoms with E-state index in [1.165, 1.54) is 74.7 Å². The van der Waals surface area contributed by atoms with E-state index in [9.17, 15) is 4.79 Å². The molecule has 2 unspecified atom stereocenters. The minimum Gasteiger partial charge on any atom is -0.316 e. The van der Waals surface area contributed by atoms with Crippen LogP contribution in [0.4, 0.5) is 5.69 Å². The van der Waals surface area contributed by atoms with Crippen LogP contribution in [0, 0.1) is 11.8 Å². The molecule has 3 aliphatic rings. The average Bonchev–Trinajstić information content (AvgIpc) is 3.03. The van der Waals surface area contributed by atoms with Gasteiger partial charge in [-0.2, -0.15) is 0 Å². The minimum atomic E-state index is 0.311. The molecule has 2 aliphatic heterocycles. The van der Waals surface area contributed by atoms with Crippen molar-refractivity contribution in [2.75, 3.05) is 18.0 Å². The summed E-state index contributed by atoms with van der Waals surface area (Å²) in [6, 6.07) is 7.19. The van der Waals surface area contributed by atoms with Crippen molar-refractivity contribution in [3.8, 4) is 0 Å². The Morgan fingerprint density at radius 3 is 2.70 bits per heavy atom. The zero-order chi connectivity index (χ0) is 18.6. The smallest absolute Gasteiger partial charge is 0.227 e. The molecular formula is C24H36N2O. The highest BCUT2D eigenvalue weighted by molar-refractivity contribution is 5.96. The number of benzene rings is 1. The van der Waals surface area contributed by atoms with Gasteiger partial charge in [-0.15, -0.1) is 0 Å². The molecular weight excluding hydrogens is 332 g/mol. The number of anilines is 1. The van der Waals surface area contributed by atoms with Crippen molar-refractivity contribution >= 4 is 11.6 Å². The molecule has 2 heterocycles. The lowest BCUT2D eigenvalue weighted by Gasteiger charge is -2.26. The molecule has 2 fully saturated rings. The zero-order valence-corrected chi connectivity index (χ0v) is 17.0. The van der Waals surface area contributed by atoms with E-state index in [-0.39, 0.29) is 0 Å². The number of piperidine rings is 1. The summed E-state index contributed by atoms with van der Waals surface area (Å²) in [6.07, 6.45) is 13.4. The Balaban J connectivity index is 1.38. The van der Waals surface area contributed by atoms with E-state index in [2.05, 4.69) is 35.3 Å². The van der Waals surface area contributed by atoms with Gasteiger partial charge in [0.15, 0.2) is 0 Å². The number of nitrogens with one attached hydrogen (secondary N) is 1. The molecule has 1 saturated heterocycles. The van der Waals surface area contributed by atoms with Crippen LogP contribution in [0.15, 0.2) is 18.2 Å². The first kappa shape index (κ1) is 19.0. The fourth-order valence-electron chi connectivity index (χ4n) is 5.55. The Morgan fingerprint density at radius 1 is 1.11 bits per heavy atom. The highest BCUT2D eigenvalue weighted by Crippen LogP contribution is 2.35. The molecule has 0 spiro atoms. The molecule has 0 radical (unpaired) electrons. The Hall–Kier alpha value is -1.35. The van der Waals surface area contributed by atoms with Crippen LogP contribution < -0.4 is 10.2 Å². The van der Waals surface area contributed by atoms with Crippen LogP contribution in [0.1, 0.15) is 75.8 Å². The second-order valence-electron chi connectivity index (χ2n) is 9.24. The molecule has 0 bridgehead atoms. The molecule has 1 aromatic carbocycles. The lowest BCUT2D eigenvalue weighted by molar-refractivity contribution is -0.119. The third-order valence-corrected chi connectivity index (χ3v) is 7.04. The maximum absolute atomic E-state index is 13.0. The number of fused-ring (bicyclic) bond motifs is 1. The van der Waals surface area contributed by atoms with Gasteiger partial charge >= 0.3 is 0 Å². The third kappa shape index (κ3) is 4.56. The van der Waals surface area contributed by atoms with Gasteiger partial charge in [-0.1, -0.05) is 44.2 Å². The molecule has 1 amide bonds. The lowest BCUT2D eigenvalue weighted by Crippen LogP contribution is -2.35. The summed E-state index contributed by atoms with van der Waals surface area (Å²) in [7, 11) is 0. The molecule has 1 N–H and O–H groups in total. The van der Waals surface area contributed by atoms with Gasteiger partial charge in [0.25, 0.3) is 0 Å². The van der Waals surface area contributed by atoms with Crippen LogP contribution in [-0.4, -0.2) is 25.0 Å². The van der Waals surface area contributed by atoms with Crippen molar-refractivity contribution in [1.29, 1.82) is 0 Å². The molecule has 3 nitrogen and oxygen atoms in total. The van der Waals surface area contributed by atoms with Crippen molar-refractivity contribution in [3.05, 3.63) is 29.3 Å². The van der Waals surface area contributed by atoms with Crippen LogP contribution in [-0.2, 0) is 17.6 Å². The van der Waals surface area contributed by atoms with Gasteiger partial charge in [0.2, 0.25) is 5.91 Å². The summed E-state index contributed by atoms with van der Waals surface area (Å²) in [5.41, 5.74) is 4.02. The second kappa shape index (κ2) is 8.77. The molecule has 1 saturated carbocycles. The van der Waals surface area contributed by atoms with Crippen LogP contribution in [0.3, 0.4) is 0 Å². The molecule has 4 rings (SSSR count). The van der Waals surface area contributed by atoms with Gasteiger partial charge in [-0.25, -0.2) is 0 Å². The van der Waals surface area contributed by atoms with Crippen LogP contribution >= 0.6 is 0 Å². The van der Waals surface area contributed by atoms with E-state index >= 15 is 0 Å². The SMILES string of the molecule is CC1Cc2cc(CC3CCCNC3)ccc2N1C(=O)CCC1CCCCC1. The molecule has 1 aromatic rings. The molecule has 2 atom stereocenters. The van der Waals surface area contributed by atoms with E-state index in [1.807, 2.05) is 0 Å². The summed E-state index contributed by atoms with van der Waals surface area (Å²) >= 11 is 0. The normalized spacial score (nSPS) is 26.2. The molecule has 1 aliphatic carbocycles. The number of amides is 1. The molecule has 0 aromatic heterocycles. The average molecular weight is 369 g/mol. The molecule has 148 valence electrons. The quantitative estimate of drug-likeness (QED) is 0.804. The predicted octanol–water partition coefficient (Wildman–Crippen LogP) is 4.87. The Bertz CT molecular complexity index is 644. The van der Waals surface area contributed by atoms with Crippen LogP contribution in [0.2, 0.25) is 0 Å². The first-order valence-corrected chi connectivity index (χ1v) is 11.4. The van der Waals surface area contributed by atoms with Gasteiger partial charge in [0.1, 0.15) is 0 Å². The standard InChI is InChI=1S/C24H36N2O/c1-18-14-22-16-20(15-21-8-5-13-25-17-21)9-11-23(22)26(18)24(27)12-10-19-6-3-2-4-7-19/h9,11,16,18-19,21,25H,2-8,10,12-15,17H2,1H3. The van der Waals surface area contributed by atoms with Gasteiger partial charge in [-0.05, 0) is 81.1 Å². The van der Waals surface area contributed by atoms with Crippen LogP contribution in [0.5, 0.6) is 0 Å². The maximum Gasteiger partial charge on any atom is 0.227 e. The number of rotatable bonds is 5. The van der Waals surface area contributed by atoms with Crippen molar-refractivity contribution in [2.24, 2.45) is 11.8 Å². The summed E-state index contributed by atoms with van der Waals surface area (Å²) in [5.74, 6) is 1.89. The topological polar surface area (TPSA) is 32.3 Å². The highest BCUT2D eigenvalue weighted by Gasteiger charge is 2.31. The Morgan fingerprint density at radius 2 is 1.93 bits per heavy atom. The Kier molecular flexibility index (Phi) is 6.17. The van der Waals surface area contributed by atoms with Crippen molar-refractivity contribution in [2.45, 2.75) is 83.6 Å². The summed E-state index contributed by atoms with van der Waals surface area (Å²) in [5, 5.41) is 3.52. The van der Waals surface area contributed by atoms with E-state index in [1.54, 1.807) is 0 Å². The molecule has 3 heteroatoms. The van der Waals surface area contributed by atoms with Crippen molar-refractivity contribution in [1.82, 2.24) is 5.32 Å². The van der Waals surface area contributed by atoms with Crippen molar-refractivity contribution in [3.63, 3.8) is 0 Å². The van der Waals surface area contributed by atoms with E-state index in [0.717, 1.165) is 37.6 Å². The first-order valence-electron chi connectivity index (χ1n) is 11.4. The highest BCUT2D eigenvalue weighted by atomic mass is 16.2. The number of nitrogens with zero attached hydrogens (tertiary/aromatic N) is 1. The largest absolute Gasteiger partial charge is 0.316 e. The fraction of sp³-hybridized carbons (Fsp3) is 0.708. The summed E-state index contributed by atoms with van der Waals surface area (Å²) in [4.78, 5) is 15.1. The minimum absolute atomic E-state index is 0.311. The zero-order valence-electron chi connectivity index (χ0n) is 17.0. The monoisotopic (exact) mass is 368 g/mol. The van der Waals surface area contributed by atoms with Gasteiger partial charge < -0.3 is 10.2 Å². The van der Waals surface area contributed by atoms with Gasteiger partial charge in [0, 0.05) is 18.2 Å². The number of hydrogen-bond donors (Lipinski definition) is 1.